The third-order valence-electron chi connectivity index (χ3n) is 2.83. The molecule has 3 heteroatoms. The van der Waals surface area contributed by atoms with Gasteiger partial charge in [-0.25, -0.2) is 4.79 Å². The summed E-state index contributed by atoms with van der Waals surface area (Å²) in [5.41, 5.74) is 2.95. The lowest BCUT2D eigenvalue weighted by atomic mass is 10.1. The van der Waals surface area contributed by atoms with Crippen molar-refractivity contribution in [2.45, 2.75) is 13.2 Å². The lowest BCUT2D eigenvalue weighted by Gasteiger charge is -2.07. The summed E-state index contributed by atoms with van der Waals surface area (Å²) in [7, 11) is 0. The van der Waals surface area contributed by atoms with Crippen LogP contribution < -0.4 is 0 Å². The Hall–Kier alpha value is -2.39. The Kier molecular flexibility index (Phi) is 5.09. The van der Waals surface area contributed by atoms with Gasteiger partial charge in [0.25, 0.3) is 0 Å². The van der Waals surface area contributed by atoms with Crippen LogP contribution in [0.5, 0.6) is 0 Å². The monoisotopic (exact) mass is 268 g/mol. The molecule has 0 amide bonds. The summed E-state index contributed by atoms with van der Waals surface area (Å²) in [6.45, 7) is 0.993. The minimum absolute atomic E-state index is 0.453. The number of hydrogen-bond acceptors (Lipinski definition) is 2. The largest absolute Gasteiger partial charge is 0.478 e. The van der Waals surface area contributed by atoms with Crippen LogP contribution in [-0.4, -0.2) is 11.1 Å². The minimum Gasteiger partial charge on any atom is -0.478 e. The van der Waals surface area contributed by atoms with Gasteiger partial charge in [0.1, 0.15) is 0 Å². The first-order chi connectivity index (χ1) is 9.75. The molecule has 0 spiro atoms. The number of aliphatic carboxylic acids is 1. The number of hydrogen-bond donors (Lipinski definition) is 1. The molecule has 0 radical (unpaired) electrons. The molecule has 0 aliphatic rings. The van der Waals surface area contributed by atoms with Crippen LogP contribution in [0, 0.1) is 0 Å². The van der Waals surface area contributed by atoms with Crippen molar-refractivity contribution < 1.29 is 14.6 Å². The first-order valence-electron chi connectivity index (χ1n) is 6.36. The number of ether oxygens (including phenoxy) is 1. The van der Waals surface area contributed by atoms with E-state index in [1.165, 1.54) is 0 Å². The molecule has 102 valence electrons. The maximum atomic E-state index is 10.6. The third kappa shape index (κ3) is 4.37. The average Bonchev–Trinajstić information content (AvgIpc) is 2.47. The van der Waals surface area contributed by atoms with Crippen molar-refractivity contribution in [3.05, 3.63) is 77.4 Å². The van der Waals surface area contributed by atoms with Crippen LogP contribution >= 0.6 is 0 Å². The predicted molar refractivity (Wildman–Crippen MR) is 78.0 cm³/mol. The fraction of sp³-hybridized carbons (Fsp3) is 0.118. The lowest BCUT2D eigenvalue weighted by Crippen LogP contribution is -1.96. The molecule has 0 saturated carbocycles. The van der Waals surface area contributed by atoms with E-state index in [0.29, 0.717) is 13.2 Å². The summed E-state index contributed by atoms with van der Waals surface area (Å²) in [5, 5.41) is 8.67. The third-order valence-corrected chi connectivity index (χ3v) is 2.83. The van der Waals surface area contributed by atoms with Crippen LogP contribution in [0.1, 0.15) is 16.7 Å². The molecule has 2 aromatic rings. The maximum Gasteiger partial charge on any atom is 0.328 e. The molecule has 0 atom stereocenters. The van der Waals surface area contributed by atoms with E-state index in [9.17, 15) is 4.79 Å². The Morgan fingerprint density at radius 1 is 1.00 bits per heavy atom. The highest BCUT2D eigenvalue weighted by Gasteiger charge is 2.00. The molecule has 0 fully saturated rings. The van der Waals surface area contributed by atoms with E-state index in [2.05, 4.69) is 0 Å². The fourth-order valence-corrected chi connectivity index (χ4v) is 1.84. The van der Waals surface area contributed by atoms with Crippen molar-refractivity contribution in [2.24, 2.45) is 0 Å². The first-order valence-corrected chi connectivity index (χ1v) is 6.36. The molecule has 20 heavy (non-hydrogen) atoms. The van der Waals surface area contributed by atoms with E-state index < -0.39 is 5.97 Å². The first kappa shape index (κ1) is 14.0. The van der Waals surface area contributed by atoms with Crippen molar-refractivity contribution >= 4 is 12.0 Å². The summed E-state index contributed by atoms with van der Waals surface area (Å²) >= 11 is 0. The van der Waals surface area contributed by atoms with Crippen LogP contribution in [-0.2, 0) is 22.7 Å². The number of carboxylic acids is 1. The quantitative estimate of drug-likeness (QED) is 0.816. The Morgan fingerprint density at radius 2 is 1.70 bits per heavy atom. The molecule has 2 rings (SSSR count). The topological polar surface area (TPSA) is 46.5 Å². The summed E-state index contributed by atoms with van der Waals surface area (Å²) < 4.78 is 5.67. The van der Waals surface area contributed by atoms with Gasteiger partial charge in [0.15, 0.2) is 0 Å². The van der Waals surface area contributed by atoms with Crippen molar-refractivity contribution in [3.8, 4) is 0 Å². The van der Waals surface area contributed by atoms with Crippen LogP contribution in [0.15, 0.2) is 60.7 Å². The second-order valence-corrected chi connectivity index (χ2v) is 4.35. The minimum atomic E-state index is -0.954. The van der Waals surface area contributed by atoms with Gasteiger partial charge in [-0.05, 0) is 22.8 Å². The zero-order chi connectivity index (χ0) is 14.2. The highest BCUT2D eigenvalue weighted by atomic mass is 16.5. The van der Waals surface area contributed by atoms with Crippen molar-refractivity contribution in [2.75, 3.05) is 0 Å². The van der Waals surface area contributed by atoms with E-state index in [4.69, 9.17) is 9.84 Å². The highest BCUT2D eigenvalue weighted by Crippen LogP contribution is 2.13. The van der Waals surface area contributed by atoms with Gasteiger partial charge in [-0.2, -0.15) is 0 Å². The van der Waals surface area contributed by atoms with E-state index in [-0.39, 0.29) is 0 Å². The zero-order valence-electron chi connectivity index (χ0n) is 11.0. The number of benzene rings is 2. The van der Waals surface area contributed by atoms with E-state index >= 15 is 0 Å². The Balaban J connectivity index is 1.97. The molecule has 0 heterocycles. The predicted octanol–water partition coefficient (Wildman–Crippen LogP) is 3.50. The summed E-state index contributed by atoms with van der Waals surface area (Å²) in [4.78, 5) is 10.6. The Bertz CT molecular complexity index is 588. The van der Waals surface area contributed by atoms with E-state index in [0.717, 1.165) is 22.8 Å². The van der Waals surface area contributed by atoms with Crippen molar-refractivity contribution in [3.63, 3.8) is 0 Å². The normalized spacial score (nSPS) is 10.8. The molecule has 0 aliphatic heterocycles. The number of rotatable bonds is 6. The number of carboxylic acid groups (broad SMARTS) is 1. The van der Waals surface area contributed by atoms with Gasteiger partial charge in [0.2, 0.25) is 0 Å². The maximum absolute atomic E-state index is 10.6. The molecule has 3 nitrogen and oxygen atoms in total. The Labute approximate surface area is 118 Å². The van der Waals surface area contributed by atoms with E-state index in [1.807, 2.05) is 54.6 Å². The van der Waals surface area contributed by atoms with Crippen LogP contribution in [0.3, 0.4) is 0 Å². The van der Waals surface area contributed by atoms with E-state index in [1.54, 1.807) is 6.08 Å². The van der Waals surface area contributed by atoms with Gasteiger partial charge in [0, 0.05) is 6.08 Å². The average molecular weight is 268 g/mol. The van der Waals surface area contributed by atoms with Gasteiger partial charge >= 0.3 is 5.97 Å². The van der Waals surface area contributed by atoms with Gasteiger partial charge in [-0.1, -0.05) is 54.6 Å². The summed E-state index contributed by atoms with van der Waals surface area (Å²) in [6, 6.07) is 17.5. The van der Waals surface area contributed by atoms with Gasteiger partial charge < -0.3 is 9.84 Å². The van der Waals surface area contributed by atoms with Crippen molar-refractivity contribution in [1.82, 2.24) is 0 Å². The van der Waals surface area contributed by atoms with Crippen LogP contribution in [0.4, 0.5) is 0 Å². The molecular formula is C17H16O3. The molecule has 0 saturated heterocycles. The lowest BCUT2D eigenvalue weighted by molar-refractivity contribution is -0.131. The molecule has 0 bridgehead atoms. The molecular weight excluding hydrogens is 252 g/mol. The second-order valence-electron chi connectivity index (χ2n) is 4.35. The highest BCUT2D eigenvalue weighted by molar-refractivity contribution is 5.85. The summed E-state index contributed by atoms with van der Waals surface area (Å²) in [5.74, 6) is -0.954. The second kappa shape index (κ2) is 7.26. The van der Waals surface area contributed by atoms with Gasteiger partial charge in [-0.3, -0.25) is 0 Å². The fourth-order valence-electron chi connectivity index (χ4n) is 1.84. The standard InChI is InChI=1S/C17H16O3/c18-17(19)11-10-15-8-4-5-9-16(15)13-20-12-14-6-2-1-3-7-14/h1-11H,12-13H2,(H,18,19)/b11-10+. The van der Waals surface area contributed by atoms with Crippen molar-refractivity contribution in [1.29, 1.82) is 0 Å². The number of carbonyl (C=O) groups is 1. The van der Waals surface area contributed by atoms with Crippen LogP contribution in [0.2, 0.25) is 0 Å². The molecule has 2 aromatic carbocycles. The SMILES string of the molecule is O=C(O)/C=C/c1ccccc1COCc1ccccc1. The zero-order valence-corrected chi connectivity index (χ0v) is 11.0. The molecule has 0 aliphatic carbocycles. The van der Waals surface area contributed by atoms with Gasteiger partial charge in [0.05, 0.1) is 13.2 Å². The van der Waals surface area contributed by atoms with Gasteiger partial charge in [-0.15, -0.1) is 0 Å². The molecule has 1 N–H and O–H groups in total. The van der Waals surface area contributed by atoms with Crippen LogP contribution in [0.25, 0.3) is 6.08 Å². The smallest absolute Gasteiger partial charge is 0.328 e. The molecule has 0 unspecified atom stereocenters. The summed E-state index contributed by atoms with van der Waals surface area (Å²) in [6.07, 6.45) is 2.72. The molecule has 0 aromatic heterocycles. The Morgan fingerprint density at radius 3 is 2.45 bits per heavy atom.